The number of carbonyl (C=O) groups is 1. The number of nitrogens with zero attached hydrogens (tertiary/aromatic N) is 1. The average Bonchev–Trinajstić information content (AvgIpc) is 3.30. The van der Waals surface area contributed by atoms with Crippen molar-refractivity contribution in [1.29, 1.82) is 0 Å². The molecule has 1 heterocycles. The molecule has 0 radical (unpaired) electrons. The van der Waals surface area contributed by atoms with Crippen molar-refractivity contribution in [3.05, 3.63) is 58.4 Å². The summed E-state index contributed by atoms with van der Waals surface area (Å²) in [5.41, 5.74) is 0.928. The van der Waals surface area contributed by atoms with E-state index in [2.05, 4.69) is 0 Å². The number of halogens is 2. The summed E-state index contributed by atoms with van der Waals surface area (Å²) in [5.74, 6) is 0.438. The zero-order valence-corrected chi connectivity index (χ0v) is 13.6. The van der Waals surface area contributed by atoms with Crippen LogP contribution in [0.25, 0.3) is 0 Å². The lowest BCUT2D eigenvalue weighted by Crippen LogP contribution is -2.33. The van der Waals surface area contributed by atoms with Gasteiger partial charge in [0.2, 0.25) is 6.79 Å². The number of fused-ring (bicyclic) bond motifs is 1. The van der Waals surface area contributed by atoms with Gasteiger partial charge in [-0.05, 0) is 31.0 Å². The van der Waals surface area contributed by atoms with E-state index in [4.69, 9.17) is 21.1 Å². The largest absolute Gasteiger partial charge is 0.454 e. The number of rotatable bonds is 4. The quantitative estimate of drug-likeness (QED) is 0.838. The Morgan fingerprint density at radius 2 is 2.04 bits per heavy atom. The summed E-state index contributed by atoms with van der Waals surface area (Å²) in [6.45, 7) is 0.330. The first-order valence-corrected chi connectivity index (χ1v) is 8.15. The highest BCUT2D eigenvalue weighted by atomic mass is 35.5. The van der Waals surface area contributed by atoms with Gasteiger partial charge in [-0.2, -0.15) is 0 Å². The van der Waals surface area contributed by atoms with Crippen LogP contribution < -0.4 is 9.47 Å². The summed E-state index contributed by atoms with van der Waals surface area (Å²) >= 11 is 6.17. The van der Waals surface area contributed by atoms with Crippen LogP contribution in [0.1, 0.15) is 28.8 Å². The number of hydrogen-bond acceptors (Lipinski definition) is 3. The molecule has 0 atom stereocenters. The van der Waals surface area contributed by atoms with Crippen molar-refractivity contribution in [3.63, 3.8) is 0 Å². The first-order chi connectivity index (χ1) is 11.6. The molecule has 0 spiro atoms. The highest BCUT2D eigenvalue weighted by molar-refractivity contribution is 6.32. The molecule has 1 saturated carbocycles. The van der Waals surface area contributed by atoms with Gasteiger partial charge in [-0.3, -0.25) is 4.79 Å². The van der Waals surface area contributed by atoms with Crippen LogP contribution in [0.15, 0.2) is 36.4 Å². The van der Waals surface area contributed by atoms with Crippen molar-refractivity contribution in [1.82, 2.24) is 4.90 Å². The van der Waals surface area contributed by atoms with E-state index in [1.807, 2.05) is 0 Å². The number of carbonyl (C=O) groups excluding carboxylic acids is 1. The van der Waals surface area contributed by atoms with Gasteiger partial charge in [-0.25, -0.2) is 4.39 Å². The maximum Gasteiger partial charge on any atom is 0.254 e. The molecule has 24 heavy (non-hydrogen) atoms. The van der Waals surface area contributed by atoms with Gasteiger partial charge in [0.05, 0.1) is 5.02 Å². The molecule has 2 aromatic rings. The normalized spacial score (nSPS) is 15.4. The van der Waals surface area contributed by atoms with Gasteiger partial charge in [-0.15, -0.1) is 0 Å². The molecule has 0 bridgehead atoms. The van der Waals surface area contributed by atoms with E-state index in [1.54, 1.807) is 35.2 Å². The number of ether oxygens (including phenoxy) is 2. The SMILES string of the molecule is O=C(c1cc(Cl)c2c(c1)OCO2)N(Cc1ccccc1F)C1CC1. The van der Waals surface area contributed by atoms with E-state index in [9.17, 15) is 9.18 Å². The summed E-state index contributed by atoms with van der Waals surface area (Å²) in [6, 6.07) is 9.86. The lowest BCUT2D eigenvalue weighted by Gasteiger charge is -2.23. The second-order valence-corrected chi connectivity index (χ2v) is 6.35. The van der Waals surface area contributed by atoms with Crippen LogP contribution in [0.2, 0.25) is 5.02 Å². The molecule has 4 nitrogen and oxygen atoms in total. The number of amides is 1. The Morgan fingerprint density at radius 3 is 2.79 bits per heavy atom. The first-order valence-electron chi connectivity index (χ1n) is 7.77. The van der Waals surface area contributed by atoms with Crippen LogP contribution in [0.5, 0.6) is 11.5 Å². The summed E-state index contributed by atoms with van der Waals surface area (Å²) in [7, 11) is 0. The Hall–Kier alpha value is -2.27. The van der Waals surface area contributed by atoms with Gasteiger partial charge in [-0.1, -0.05) is 29.8 Å². The number of benzene rings is 2. The third kappa shape index (κ3) is 2.80. The fraction of sp³-hybridized carbons (Fsp3) is 0.278. The Labute approximate surface area is 143 Å². The summed E-state index contributed by atoms with van der Waals surface area (Å²) in [6.07, 6.45) is 1.86. The third-order valence-corrected chi connectivity index (χ3v) is 4.50. The second-order valence-electron chi connectivity index (χ2n) is 5.95. The van der Waals surface area contributed by atoms with Gasteiger partial charge in [0, 0.05) is 23.7 Å². The summed E-state index contributed by atoms with van der Waals surface area (Å²) < 4.78 is 24.5. The van der Waals surface area contributed by atoms with E-state index < -0.39 is 0 Å². The number of hydrogen-bond donors (Lipinski definition) is 0. The predicted octanol–water partition coefficient (Wildman–Crippen LogP) is 4.01. The van der Waals surface area contributed by atoms with Gasteiger partial charge in [0.25, 0.3) is 5.91 Å². The highest BCUT2D eigenvalue weighted by Gasteiger charge is 2.34. The van der Waals surface area contributed by atoms with Gasteiger partial charge in [0.15, 0.2) is 11.5 Å². The van der Waals surface area contributed by atoms with Crippen LogP contribution in [0.4, 0.5) is 4.39 Å². The fourth-order valence-electron chi connectivity index (χ4n) is 2.82. The monoisotopic (exact) mass is 347 g/mol. The molecule has 0 unspecified atom stereocenters. The second kappa shape index (κ2) is 5.98. The van der Waals surface area contributed by atoms with Crippen molar-refractivity contribution in [2.75, 3.05) is 6.79 Å². The minimum Gasteiger partial charge on any atom is -0.454 e. The minimum atomic E-state index is -0.306. The molecule has 4 rings (SSSR count). The molecule has 0 N–H and O–H groups in total. The standard InChI is InChI=1S/C18H15ClFNO3/c19-14-7-12(8-16-17(14)24-10-23-16)18(22)21(13-5-6-13)9-11-3-1-2-4-15(11)20/h1-4,7-8,13H,5-6,9-10H2. The molecule has 6 heteroatoms. The highest BCUT2D eigenvalue weighted by Crippen LogP contribution is 2.40. The zero-order valence-electron chi connectivity index (χ0n) is 12.8. The lowest BCUT2D eigenvalue weighted by atomic mass is 10.1. The molecular formula is C18H15ClFNO3. The molecule has 1 aliphatic heterocycles. The minimum absolute atomic E-state index is 0.0915. The van der Waals surface area contributed by atoms with Crippen molar-refractivity contribution in [3.8, 4) is 11.5 Å². The Balaban J connectivity index is 1.63. The first kappa shape index (κ1) is 15.3. The van der Waals surface area contributed by atoms with E-state index >= 15 is 0 Å². The molecule has 1 aliphatic carbocycles. The van der Waals surface area contributed by atoms with Gasteiger partial charge < -0.3 is 14.4 Å². The molecule has 0 saturated heterocycles. The molecular weight excluding hydrogens is 333 g/mol. The van der Waals surface area contributed by atoms with E-state index in [0.717, 1.165) is 12.8 Å². The van der Waals surface area contributed by atoms with Gasteiger partial charge >= 0.3 is 0 Å². The third-order valence-electron chi connectivity index (χ3n) is 4.22. The zero-order chi connectivity index (χ0) is 16.7. The Kier molecular flexibility index (Phi) is 3.81. The van der Waals surface area contributed by atoms with E-state index in [1.165, 1.54) is 6.07 Å². The Bertz CT molecular complexity index is 807. The summed E-state index contributed by atoms with van der Waals surface area (Å²) in [4.78, 5) is 14.6. The maximum atomic E-state index is 13.9. The van der Waals surface area contributed by atoms with Crippen LogP contribution in [-0.4, -0.2) is 23.6 Å². The molecule has 1 fully saturated rings. The van der Waals surface area contributed by atoms with Crippen molar-refractivity contribution in [2.24, 2.45) is 0 Å². The van der Waals surface area contributed by atoms with Crippen LogP contribution in [-0.2, 0) is 6.54 Å². The average molecular weight is 348 g/mol. The van der Waals surface area contributed by atoms with E-state index in [-0.39, 0.29) is 31.1 Å². The van der Waals surface area contributed by atoms with Crippen LogP contribution in [0.3, 0.4) is 0 Å². The summed E-state index contributed by atoms with van der Waals surface area (Å²) in [5, 5.41) is 0.343. The lowest BCUT2D eigenvalue weighted by molar-refractivity contribution is 0.0728. The van der Waals surface area contributed by atoms with E-state index in [0.29, 0.717) is 27.6 Å². The van der Waals surface area contributed by atoms with Gasteiger partial charge in [0.1, 0.15) is 5.82 Å². The van der Waals surface area contributed by atoms with Crippen LogP contribution >= 0.6 is 11.6 Å². The molecule has 2 aromatic carbocycles. The predicted molar refractivity (Wildman–Crippen MR) is 86.9 cm³/mol. The smallest absolute Gasteiger partial charge is 0.254 e. The molecule has 1 amide bonds. The molecule has 2 aliphatic rings. The van der Waals surface area contributed by atoms with Crippen LogP contribution in [0, 0.1) is 5.82 Å². The topological polar surface area (TPSA) is 38.8 Å². The van der Waals surface area contributed by atoms with Crippen molar-refractivity contribution < 1.29 is 18.7 Å². The maximum absolute atomic E-state index is 13.9. The van der Waals surface area contributed by atoms with Crippen molar-refractivity contribution >= 4 is 17.5 Å². The van der Waals surface area contributed by atoms with Crippen molar-refractivity contribution in [2.45, 2.75) is 25.4 Å². The molecule has 124 valence electrons. The fourth-order valence-corrected chi connectivity index (χ4v) is 3.08. The molecule has 0 aromatic heterocycles. The Morgan fingerprint density at radius 1 is 1.25 bits per heavy atom.